The summed E-state index contributed by atoms with van der Waals surface area (Å²) in [7, 11) is -1.19. The Morgan fingerprint density at radius 1 is 1.00 bits per heavy atom. The number of carbonyl (C=O) groups excluding carboxylic acids is 1. The largest absolute Gasteiger partial charge is 0.495 e. The molecule has 4 nitrogen and oxygen atoms in total. The number of carbonyl (C=O) groups is 1. The maximum Gasteiger partial charge on any atom is 0.495 e. The third-order valence-corrected chi connectivity index (χ3v) is 5.31. The summed E-state index contributed by atoms with van der Waals surface area (Å²) < 4.78 is 57.8. The highest BCUT2D eigenvalue weighted by Crippen LogP contribution is 2.38. The molecule has 0 spiro atoms. The van der Waals surface area contributed by atoms with Gasteiger partial charge in [0.05, 0.1) is 22.3 Å². The van der Waals surface area contributed by atoms with Crippen molar-refractivity contribution in [2.45, 2.75) is 51.7 Å². The summed E-state index contributed by atoms with van der Waals surface area (Å²) in [6, 6.07) is 12.2. The molecule has 3 rings (SSSR count). The van der Waals surface area contributed by atoms with E-state index in [9.17, 15) is 18.0 Å². The van der Waals surface area contributed by atoms with E-state index in [0.717, 1.165) is 11.6 Å². The summed E-state index contributed by atoms with van der Waals surface area (Å²) in [6.07, 6.45) is -4.69. The van der Waals surface area contributed by atoms with Crippen molar-refractivity contribution in [3.63, 3.8) is 0 Å². The van der Waals surface area contributed by atoms with Gasteiger partial charge in [0.15, 0.2) is 0 Å². The Bertz CT molecular complexity index is 879. The van der Waals surface area contributed by atoms with Crippen molar-refractivity contribution in [2.75, 3.05) is 0 Å². The van der Waals surface area contributed by atoms with E-state index in [0.29, 0.717) is 0 Å². The van der Waals surface area contributed by atoms with Gasteiger partial charge < -0.3 is 14.0 Å². The van der Waals surface area contributed by atoms with E-state index in [-0.39, 0.29) is 17.6 Å². The molecule has 0 N–H and O–H groups in total. The smallest absolute Gasteiger partial charge is 0.457 e. The second-order valence-corrected chi connectivity index (χ2v) is 7.95. The van der Waals surface area contributed by atoms with Crippen LogP contribution in [0, 0.1) is 0 Å². The van der Waals surface area contributed by atoms with Crippen LogP contribution in [-0.4, -0.2) is 24.3 Å². The van der Waals surface area contributed by atoms with Crippen LogP contribution in [0.1, 0.15) is 49.2 Å². The first-order valence-electron chi connectivity index (χ1n) is 9.18. The molecule has 1 saturated heterocycles. The van der Waals surface area contributed by atoms with Crippen LogP contribution in [0.25, 0.3) is 0 Å². The lowest BCUT2D eigenvalue weighted by atomic mass is 9.75. The van der Waals surface area contributed by atoms with Gasteiger partial charge >= 0.3 is 19.3 Å². The zero-order valence-electron chi connectivity index (χ0n) is 16.7. The highest BCUT2D eigenvalue weighted by molar-refractivity contribution is 6.62. The van der Waals surface area contributed by atoms with Crippen LogP contribution in [-0.2, 0) is 26.8 Å². The van der Waals surface area contributed by atoms with Crippen molar-refractivity contribution in [3.05, 3.63) is 65.2 Å². The Morgan fingerprint density at radius 3 is 2.14 bits per heavy atom. The first-order valence-corrected chi connectivity index (χ1v) is 9.18. The highest BCUT2D eigenvalue weighted by Gasteiger charge is 2.53. The number of esters is 1. The van der Waals surface area contributed by atoms with E-state index in [1.165, 1.54) is 12.1 Å². The van der Waals surface area contributed by atoms with E-state index >= 15 is 0 Å². The van der Waals surface area contributed by atoms with Crippen molar-refractivity contribution in [1.82, 2.24) is 0 Å². The molecule has 1 aliphatic heterocycles. The number of alkyl halides is 3. The van der Waals surface area contributed by atoms with Gasteiger partial charge in [-0.3, -0.25) is 0 Å². The van der Waals surface area contributed by atoms with Crippen LogP contribution in [0.5, 0.6) is 0 Å². The van der Waals surface area contributed by atoms with E-state index < -0.39 is 36.0 Å². The van der Waals surface area contributed by atoms with Crippen molar-refractivity contribution in [1.29, 1.82) is 0 Å². The van der Waals surface area contributed by atoms with Gasteiger partial charge in [-0.1, -0.05) is 36.4 Å². The molecule has 29 heavy (non-hydrogen) atoms. The second kappa shape index (κ2) is 7.50. The standard InChI is InChI=1S/C21H22BF3O4/c1-19(2)20(3,4)29-22(28-19)17-11-10-15(12-16(17)21(23,24)25)18(26)27-13-14-8-6-5-7-9-14/h5-12H,13H2,1-4H3. The second-order valence-electron chi connectivity index (χ2n) is 7.95. The maximum absolute atomic E-state index is 13.7. The predicted octanol–water partition coefficient (Wildman–Crippen LogP) is 4.36. The van der Waals surface area contributed by atoms with Crippen LogP contribution in [0.15, 0.2) is 48.5 Å². The third-order valence-electron chi connectivity index (χ3n) is 5.31. The minimum absolute atomic E-state index is 0.0278. The van der Waals surface area contributed by atoms with Gasteiger partial charge in [0, 0.05) is 0 Å². The molecule has 0 aromatic heterocycles. The van der Waals surface area contributed by atoms with Gasteiger partial charge in [-0.15, -0.1) is 0 Å². The quantitative estimate of drug-likeness (QED) is 0.559. The summed E-state index contributed by atoms with van der Waals surface area (Å²) in [5, 5.41) is 0. The highest BCUT2D eigenvalue weighted by atomic mass is 19.4. The fraction of sp³-hybridized carbons (Fsp3) is 0.381. The molecule has 0 amide bonds. The van der Waals surface area contributed by atoms with Crippen LogP contribution in [0.3, 0.4) is 0 Å². The molecule has 0 bridgehead atoms. The van der Waals surface area contributed by atoms with Crippen LogP contribution < -0.4 is 5.46 Å². The van der Waals surface area contributed by atoms with E-state index in [1.54, 1.807) is 52.0 Å². The normalized spacial score (nSPS) is 18.0. The van der Waals surface area contributed by atoms with E-state index in [4.69, 9.17) is 14.0 Å². The molecule has 1 fully saturated rings. The SMILES string of the molecule is CC1(C)OB(c2ccc(C(=O)OCc3ccccc3)cc2C(F)(F)F)OC1(C)C. The molecule has 2 aromatic carbocycles. The summed E-state index contributed by atoms with van der Waals surface area (Å²) in [5.74, 6) is -0.833. The number of halogens is 3. The summed E-state index contributed by atoms with van der Waals surface area (Å²) in [5.41, 5.74) is -2.16. The lowest BCUT2D eigenvalue weighted by Crippen LogP contribution is -2.41. The number of rotatable bonds is 4. The maximum atomic E-state index is 13.7. The van der Waals surface area contributed by atoms with E-state index in [2.05, 4.69) is 0 Å². The number of hydrogen-bond donors (Lipinski definition) is 0. The fourth-order valence-corrected chi connectivity index (χ4v) is 2.91. The zero-order chi connectivity index (χ0) is 21.4. The molecule has 0 unspecified atom stereocenters. The summed E-state index contributed by atoms with van der Waals surface area (Å²) >= 11 is 0. The Hall–Kier alpha value is -2.32. The van der Waals surface area contributed by atoms with E-state index in [1.807, 2.05) is 6.07 Å². The minimum Gasteiger partial charge on any atom is -0.457 e. The average Bonchev–Trinajstić information content (AvgIpc) is 2.86. The van der Waals surface area contributed by atoms with Crippen molar-refractivity contribution in [3.8, 4) is 0 Å². The first-order chi connectivity index (χ1) is 13.4. The third kappa shape index (κ3) is 4.48. The molecule has 0 saturated carbocycles. The molecule has 0 atom stereocenters. The first kappa shape index (κ1) is 21.4. The molecule has 2 aromatic rings. The number of ether oxygens (including phenoxy) is 1. The van der Waals surface area contributed by atoms with Crippen molar-refractivity contribution >= 4 is 18.6 Å². The van der Waals surface area contributed by atoms with Crippen LogP contribution in [0.4, 0.5) is 13.2 Å². The molecule has 0 radical (unpaired) electrons. The van der Waals surface area contributed by atoms with Gasteiger partial charge in [-0.25, -0.2) is 4.79 Å². The Morgan fingerprint density at radius 2 is 1.59 bits per heavy atom. The molecule has 1 aliphatic rings. The van der Waals surface area contributed by atoms with Gasteiger partial charge in [-0.2, -0.15) is 13.2 Å². The molecule has 0 aliphatic carbocycles. The van der Waals surface area contributed by atoms with Gasteiger partial charge in [0.2, 0.25) is 0 Å². The Balaban J connectivity index is 1.86. The lowest BCUT2D eigenvalue weighted by molar-refractivity contribution is -0.136. The van der Waals surface area contributed by atoms with Gasteiger partial charge in [0.1, 0.15) is 6.61 Å². The van der Waals surface area contributed by atoms with Crippen LogP contribution in [0.2, 0.25) is 0 Å². The molecule has 8 heteroatoms. The average molecular weight is 406 g/mol. The molecule has 1 heterocycles. The van der Waals surface area contributed by atoms with Crippen molar-refractivity contribution < 1.29 is 32.0 Å². The zero-order valence-corrected chi connectivity index (χ0v) is 16.7. The van der Waals surface area contributed by atoms with Gasteiger partial charge in [0.25, 0.3) is 0 Å². The van der Waals surface area contributed by atoms with Crippen molar-refractivity contribution in [2.24, 2.45) is 0 Å². The monoisotopic (exact) mass is 406 g/mol. The van der Waals surface area contributed by atoms with Gasteiger partial charge in [-0.05, 0) is 50.9 Å². The number of benzene rings is 2. The minimum atomic E-state index is -4.69. The molecule has 154 valence electrons. The number of hydrogen-bond acceptors (Lipinski definition) is 4. The molecular formula is C21H22BF3O4. The summed E-state index contributed by atoms with van der Waals surface area (Å²) in [4.78, 5) is 12.3. The summed E-state index contributed by atoms with van der Waals surface area (Å²) in [6.45, 7) is 7.01. The fourth-order valence-electron chi connectivity index (χ4n) is 2.91. The Labute approximate surface area is 168 Å². The Kier molecular flexibility index (Phi) is 5.53. The topological polar surface area (TPSA) is 44.8 Å². The van der Waals surface area contributed by atoms with Crippen LogP contribution >= 0.6 is 0 Å². The lowest BCUT2D eigenvalue weighted by Gasteiger charge is -2.32. The predicted molar refractivity (Wildman–Crippen MR) is 103 cm³/mol. The molecular weight excluding hydrogens is 384 g/mol.